The number of rotatable bonds is 4. The number of nitrogens with zero attached hydrogens (tertiary/aromatic N) is 1. The van der Waals surface area contributed by atoms with Gasteiger partial charge in [0.1, 0.15) is 5.75 Å². The molecule has 0 saturated carbocycles. The molecule has 1 aliphatic heterocycles. The predicted molar refractivity (Wildman–Crippen MR) is 77.8 cm³/mol. The molecule has 1 aromatic carbocycles. The van der Waals surface area contributed by atoms with Crippen LogP contribution in [0.3, 0.4) is 0 Å². The maximum absolute atomic E-state index is 12.2. The number of aliphatic hydroxyl groups is 1. The molecule has 0 bridgehead atoms. The van der Waals surface area contributed by atoms with E-state index in [2.05, 4.69) is 6.92 Å². The third kappa shape index (κ3) is 3.12. The van der Waals surface area contributed by atoms with Crippen LogP contribution in [0.2, 0.25) is 0 Å². The summed E-state index contributed by atoms with van der Waals surface area (Å²) >= 11 is 0. The molecule has 0 radical (unpaired) electrons. The van der Waals surface area contributed by atoms with Gasteiger partial charge in [0.2, 0.25) is 0 Å². The molecular formula is C16H23NO3. The zero-order valence-corrected chi connectivity index (χ0v) is 12.4. The minimum absolute atomic E-state index is 0.0244. The highest BCUT2D eigenvalue weighted by atomic mass is 16.5. The Bertz CT molecular complexity index is 487. The first kappa shape index (κ1) is 14.9. The Hall–Kier alpha value is -1.55. The van der Waals surface area contributed by atoms with Gasteiger partial charge < -0.3 is 14.7 Å². The monoisotopic (exact) mass is 277 g/mol. The summed E-state index contributed by atoms with van der Waals surface area (Å²) in [5.41, 5.74) is 2.36. The van der Waals surface area contributed by atoms with E-state index in [1.165, 1.54) is 5.56 Å². The molecule has 2 rings (SSSR count). The number of amides is 1. The van der Waals surface area contributed by atoms with Crippen molar-refractivity contribution in [2.75, 3.05) is 19.8 Å². The summed E-state index contributed by atoms with van der Waals surface area (Å²) < 4.78 is 5.57. The van der Waals surface area contributed by atoms with E-state index >= 15 is 0 Å². The van der Waals surface area contributed by atoms with Gasteiger partial charge in [0.15, 0.2) is 6.61 Å². The van der Waals surface area contributed by atoms with Gasteiger partial charge in [0.05, 0.1) is 12.6 Å². The van der Waals surface area contributed by atoms with Crippen LogP contribution >= 0.6 is 0 Å². The molecule has 2 atom stereocenters. The average molecular weight is 277 g/mol. The van der Waals surface area contributed by atoms with Gasteiger partial charge in [0.25, 0.3) is 5.91 Å². The van der Waals surface area contributed by atoms with Crippen molar-refractivity contribution in [1.29, 1.82) is 0 Å². The molecule has 0 spiro atoms. The topological polar surface area (TPSA) is 49.8 Å². The standard InChI is InChI=1S/C16H23NO3/c1-11-4-5-14(8-13(11)3)20-10-16(19)17-7-6-12(2)15(17)9-18/h4-5,8,12,15,18H,6-7,9-10H2,1-3H3. The summed E-state index contributed by atoms with van der Waals surface area (Å²) in [4.78, 5) is 13.9. The lowest BCUT2D eigenvalue weighted by atomic mass is 10.0. The smallest absolute Gasteiger partial charge is 0.260 e. The largest absolute Gasteiger partial charge is 0.484 e. The lowest BCUT2D eigenvalue weighted by Crippen LogP contribution is -2.42. The van der Waals surface area contributed by atoms with Crippen LogP contribution in [0, 0.1) is 19.8 Å². The van der Waals surface area contributed by atoms with Crippen LogP contribution in [-0.4, -0.2) is 41.7 Å². The number of carbonyl (C=O) groups excluding carboxylic acids is 1. The zero-order chi connectivity index (χ0) is 14.7. The molecule has 1 fully saturated rings. The molecular weight excluding hydrogens is 254 g/mol. The number of carbonyl (C=O) groups is 1. The summed E-state index contributed by atoms with van der Waals surface area (Å²) in [6.45, 7) is 6.90. The summed E-state index contributed by atoms with van der Waals surface area (Å²) in [6, 6.07) is 5.75. The second-order valence-corrected chi connectivity index (χ2v) is 5.64. The lowest BCUT2D eigenvalue weighted by Gasteiger charge is -2.25. The van der Waals surface area contributed by atoms with Crippen molar-refractivity contribution in [3.63, 3.8) is 0 Å². The van der Waals surface area contributed by atoms with Crippen molar-refractivity contribution >= 4 is 5.91 Å². The van der Waals surface area contributed by atoms with Crippen molar-refractivity contribution < 1.29 is 14.6 Å². The maximum Gasteiger partial charge on any atom is 0.260 e. The Morgan fingerprint density at radius 2 is 2.15 bits per heavy atom. The minimum Gasteiger partial charge on any atom is -0.484 e. The van der Waals surface area contributed by atoms with Gasteiger partial charge in [-0.05, 0) is 49.4 Å². The van der Waals surface area contributed by atoms with E-state index in [-0.39, 0.29) is 25.2 Å². The van der Waals surface area contributed by atoms with Crippen LogP contribution in [0.1, 0.15) is 24.5 Å². The summed E-state index contributed by atoms with van der Waals surface area (Å²) in [5.74, 6) is 1.02. The van der Waals surface area contributed by atoms with E-state index in [4.69, 9.17) is 4.74 Å². The highest BCUT2D eigenvalue weighted by Crippen LogP contribution is 2.24. The van der Waals surface area contributed by atoms with Crippen molar-refractivity contribution in [1.82, 2.24) is 4.90 Å². The van der Waals surface area contributed by atoms with Crippen LogP contribution in [0.5, 0.6) is 5.75 Å². The Kier molecular flexibility index (Phi) is 4.65. The highest BCUT2D eigenvalue weighted by Gasteiger charge is 2.33. The number of aryl methyl sites for hydroxylation is 2. The SMILES string of the molecule is Cc1ccc(OCC(=O)N2CCC(C)C2CO)cc1C. The van der Waals surface area contributed by atoms with Crippen molar-refractivity contribution in [3.8, 4) is 5.75 Å². The molecule has 1 aliphatic rings. The summed E-state index contributed by atoms with van der Waals surface area (Å²) in [7, 11) is 0. The van der Waals surface area contributed by atoms with Crippen LogP contribution in [-0.2, 0) is 4.79 Å². The van der Waals surface area contributed by atoms with Gasteiger partial charge >= 0.3 is 0 Å². The van der Waals surface area contributed by atoms with E-state index in [1.807, 2.05) is 32.0 Å². The van der Waals surface area contributed by atoms with E-state index in [9.17, 15) is 9.90 Å². The second kappa shape index (κ2) is 6.27. The number of likely N-dealkylation sites (tertiary alicyclic amines) is 1. The Morgan fingerprint density at radius 1 is 1.40 bits per heavy atom. The molecule has 110 valence electrons. The molecule has 0 aliphatic carbocycles. The molecule has 4 heteroatoms. The number of benzene rings is 1. The fourth-order valence-corrected chi connectivity index (χ4v) is 2.63. The van der Waals surface area contributed by atoms with Gasteiger partial charge in [-0.2, -0.15) is 0 Å². The van der Waals surface area contributed by atoms with E-state index < -0.39 is 0 Å². The first-order chi connectivity index (χ1) is 9.52. The molecule has 1 amide bonds. The third-order valence-corrected chi connectivity index (χ3v) is 4.23. The van der Waals surface area contributed by atoms with Gasteiger partial charge in [-0.15, -0.1) is 0 Å². The van der Waals surface area contributed by atoms with E-state index in [0.717, 1.165) is 12.0 Å². The molecule has 1 N–H and O–H groups in total. The summed E-state index contributed by atoms with van der Waals surface area (Å²) in [5, 5.41) is 9.37. The number of hydrogen-bond acceptors (Lipinski definition) is 3. The first-order valence-corrected chi connectivity index (χ1v) is 7.13. The predicted octanol–water partition coefficient (Wildman–Crippen LogP) is 1.91. The van der Waals surface area contributed by atoms with Crippen LogP contribution in [0.25, 0.3) is 0 Å². The zero-order valence-electron chi connectivity index (χ0n) is 12.4. The quantitative estimate of drug-likeness (QED) is 0.914. The molecule has 2 unspecified atom stereocenters. The molecule has 1 aromatic rings. The molecule has 0 aromatic heterocycles. The van der Waals surface area contributed by atoms with Crippen molar-refractivity contribution in [2.24, 2.45) is 5.92 Å². The minimum atomic E-state index is -0.0640. The van der Waals surface area contributed by atoms with Crippen LogP contribution in [0.15, 0.2) is 18.2 Å². The number of hydrogen-bond donors (Lipinski definition) is 1. The summed E-state index contributed by atoms with van der Waals surface area (Å²) in [6.07, 6.45) is 0.945. The van der Waals surface area contributed by atoms with Crippen LogP contribution < -0.4 is 4.74 Å². The number of ether oxygens (including phenoxy) is 1. The van der Waals surface area contributed by atoms with Crippen molar-refractivity contribution in [2.45, 2.75) is 33.2 Å². The Labute approximate surface area is 120 Å². The average Bonchev–Trinajstić information content (AvgIpc) is 2.80. The lowest BCUT2D eigenvalue weighted by molar-refractivity contribution is -0.135. The molecule has 1 heterocycles. The molecule has 20 heavy (non-hydrogen) atoms. The van der Waals surface area contributed by atoms with E-state index in [1.54, 1.807) is 4.90 Å². The second-order valence-electron chi connectivity index (χ2n) is 5.64. The Morgan fingerprint density at radius 3 is 2.80 bits per heavy atom. The van der Waals surface area contributed by atoms with Gasteiger partial charge in [-0.25, -0.2) is 0 Å². The molecule has 1 saturated heterocycles. The van der Waals surface area contributed by atoms with E-state index in [0.29, 0.717) is 18.2 Å². The van der Waals surface area contributed by atoms with Crippen molar-refractivity contribution in [3.05, 3.63) is 29.3 Å². The normalized spacial score (nSPS) is 22.1. The van der Waals surface area contributed by atoms with Gasteiger partial charge in [-0.3, -0.25) is 4.79 Å². The highest BCUT2D eigenvalue weighted by molar-refractivity contribution is 5.78. The fraction of sp³-hybridized carbons (Fsp3) is 0.562. The molecule has 4 nitrogen and oxygen atoms in total. The van der Waals surface area contributed by atoms with Gasteiger partial charge in [-0.1, -0.05) is 13.0 Å². The Balaban J connectivity index is 1.93. The van der Waals surface area contributed by atoms with Crippen LogP contribution in [0.4, 0.5) is 0 Å². The van der Waals surface area contributed by atoms with Gasteiger partial charge in [0, 0.05) is 6.54 Å². The fourth-order valence-electron chi connectivity index (χ4n) is 2.63. The maximum atomic E-state index is 12.2. The number of aliphatic hydroxyl groups excluding tert-OH is 1. The third-order valence-electron chi connectivity index (χ3n) is 4.23. The first-order valence-electron chi connectivity index (χ1n) is 7.13.